The monoisotopic (exact) mass is 359 g/mol. The van der Waals surface area contributed by atoms with E-state index in [4.69, 9.17) is 10.5 Å². The summed E-state index contributed by atoms with van der Waals surface area (Å²) < 4.78 is 5.45. The van der Waals surface area contributed by atoms with Crippen LogP contribution in [0.2, 0.25) is 0 Å². The number of amides is 1. The minimum atomic E-state index is -0.446. The van der Waals surface area contributed by atoms with E-state index in [0.717, 1.165) is 25.6 Å². The fraction of sp³-hybridized carbons (Fsp3) is 0.667. The van der Waals surface area contributed by atoms with Gasteiger partial charge in [-0.05, 0) is 61.9 Å². The molecule has 0 bridgehead atoms. The third kappa shape index (κ3) is 5.71. The normalized spacial score (nSPS) is 22.3. The molecule has 1 aliphatic carbocycles. The summed E-state index contributed by atoms with van der Waals surface area (Å²) in [6, 6.07) is 8.66. The number of nitrogens with zero attached hydrogens (tertiary/aromatic N) is 2. The second-order valence-electron chi connectivity index (χ2n) is 8.24. The van der Waals surface area contributed by atoms with Gasteiger partial charge in [-0.3, -0.25) is 14.6 Å². The van der Waals surface area contributed by atoms with Gasteiger partial charge in [-0.25, -0.2) is 0 Å². The Morgan fingerprint density at radius 2 is 2.12 bits per heavy atom. The zero-order chi connectivity index (χ0) is 18.5. The number of hydrogen-bond donors (Lipinski definition) is 1. The highest BCUT2D eigenvalue weighted by Gasteiger charge is 2.32. The van der Waals surface area contributed by atoms with Crippen LogP contribution in [-0.4, -0.2) is 54.5 Å². The largest absolute Gasteiger partial charge is 0.484 e. The number of primary amides is 1. The molecule has 0 aromatic heterocycles. The lowest BCUT2D eigenvalue weighted by Gasteiger charge is -2.34. The van der Waals surface area contributed by atoms with Crippen molar-refractivity contribution >= 4 is 5.91 Å². The number of carbonyl (C=O) groups excluding carboxylic acids is 1. The molecule has 2 N–H and O–H groups in total. The highest BCUT2D eigenvalue weighted by Crippen LogP contribution is 2.32. The van der Waals surface area contributed by atoms with Gasteiger partial charge < -0.3 is 10.5 Å². The van der Waals surface area contributed by atoms with E-state index in [2.05, 4.69) is 29.7 Å². The average Bonchev–Trinajstić information content (AvgIpc) is 3.42. The zero-order valence-corrected chi connectivity index (χ0v) is 16.2. The molecule has 0 radical (unpaired) electrons. The summed E-state index contributed by atoms with van der Waals surface area (Å²) in [7, 11) is 0. The SMILES string of the molecule is CC(C)C1CN(Cc2cccc(OCC(N)=O)c2)CCCN1CC1CC1. The van der Waals surface area contributed by atoms with E-state index in [9.17, 15) is 4.79 Å². The van der Waals surface area contributed by atoms with Crippen molar-refractivity contribution in [3.8, 4) is 5.75 Å². The molecular formula is C21H33N3O2. The van der Waals surface area contributed by atoms with Crippen LogP contribution in [0.3, 0.4) is 0 Å². The predicted molar refractivity (Wildman–Crippen MR) is 104 cm³/mol. The molecule has 2 fully saturated rings. The van der Waals surface area contributed by atoms with Crippen molar-refractivity contribution in [3.63, 3.8) is 0 Å². The summed E-state index contributed by atoms with van der Waals surface area (Å²) in [5, 5.41) is 0. The Balaban J connectivity index is 1.61. The predicted octanol–water partition coefficient (Wildman–Crippen LogP) is 2.49. The molecule has 1 aliphatic heterocycles. The summed E-state index contributed by atoms with van der Waals surface area (Å²) in [6.45, 7) is 10.3. The summed E-state index contributed by atoms with van der Waals surface area (Å²) >= 11 is 0. The van der Waals surface area contributed by atoms with E-state index in [1.165, 1.54) is 37.9 Å². The molecule has 1 saturated carbocycles. The first kappa shape index (κ1) is 19.2. The first-order chi connectivity index (χ1) is 12.5. The van der Waals surface area contributed by atoms with E-state index in [-0.39, 0.29) is 6.61 Å². The maximum Gasteiger partial charge on any atom is 0.255 e. The van der Waals surface area contributed by atoms with Crippen molar-refractivity contribution in [2.45, 2.75) is 45.7 Å². The summed E-state index contributed by atoms with van der Waals surface area (Å²) in [5.41, 5.74) is 6.39. The summed E-state index contributed by atoms with van der Waals surface area (Å²) in [6.07, 6.45) is 4.07. The van der Waals surface area contributed by atoms with Crippen molar-refractivity contribution < 1.29 is 9.53 Å². The van der Waals surface area contributed by atoms with Gasteiger partial charge in [0.2, 0.25) is 0 Å². The third-order valence-electron chi connectivity index (χ3n) is 5.48. The molecule has 1 atom stereocenters. The molecule has 1 unspecified atom stereocenters. The Labute approximate surface area is 157 Å². The summed E-state index contributed by atoms with van der Waals surface area (Å²) in [5.74, 6) is 1.88. The zero-order valence-electron chi connectivity index (χ0n) is 16.2. The van der Waals surface area contributed by atoms with E-state index in [1.54, 1.807) is 0 Å². The molecule has 5 heteroatoms. The van der Waals surface area contributed by atoms with Gasteiger partial charge >= 0.3 is 0 Å². The van der Waals surface area contributed by atoms with Gasteiger partial charge in [-0.2, -0.15) is 0 Å². The first-order valence-corrected chi connectivity index (χ1v) is 9.97. The molecule has 5 nitrogen and oxygen atoms in total. The lowest BCUT2D eigenvalue weighted by Crippen LogP contribution is -2.45. The molecule has 144 valence electrons. The quantitative estimate of drug-likeness (QED) is 0.775. The maximum absolute atomic E-state index is 10.9. The topological polar surface area (TPSA) is 58.8 Å². The van der Waals surface area contributed by atoms with Crippen molar-refractivity contribution in [2.75, 3.05) is 32.8 Å². The fourth-order valence-electron chi connectivity index (χ4n) is 3.92. The van der Waals surface area contributed by atoms with Crippen molar-refractivity contribution in [2.24, 2.45) is 17.6 Å². The highest BCUT2D eigenvalue weighted by atomic mass is 16.5. The van der Waals surface area contributed by atoms with E-state index < -0.39 is 5.91 Å². The Hall–Kier alpha value is -1.59. The van der Waals surface area contributed by atoms with Gasteiger partial charge in [0.15, 0.2) is 6.61 Å². The van der Waals surface area contributed by atoms with Crippen LogP contribution in [0.1, 0.15) is 38.7 Å². The molecule has 0 spiro atoms. The Morgan fingerprint density at radius 3 is 2.81 bits per heavy atom. The summed E-state index contributed by atoms with van der Waals surface area (Å²) in [4.78, 5) is 16.2. The Bertz CT molecular complexity index is 601. The molecule has 1 amide bonds. The van der Waals surface area contributed by atoms with Crippen molar-refractivity contribution in [1.82, 2.24) is 9.80 Å². The maximum atomic E-state index is 10.9. The van der Waals surface area contributed by atoms with Gasteiger partial charge in [0.25, 0.3) is 5.91 Å². The van der Waals surface area contributed by atoms with Gasteiger partial charge in [-0.1, -0.05) is 26.0 Å². The average molecular weight is 360 g/mol. The van der Waals surface area contributed by atoms with Crippen molar-refractivity contribution in [1.29, 1.82) is 0 Å². The van der Waals surface area contributed by atoms with Crippen LogP contribution < -0.4 is 10.5 Å². The lowest BCUT2D eigenvalue weighted by atomic mass is 10.0. The Morgan fingerprint density at radius 1 is 1.31 bits per heavy atom. The lowest BCUT2D eigenvalue weighted by molar-refractivity contribution is -0.119. The molecular weight excluding hydrogens is 326 g/mol. The highest BCUT2D eigenvalue weighted by molar-refractivity contribution is 5.75. The number of nitrogens with two attached hydrogens (primary N) is 1. The molecule has 2 aliphatic rings. The third-order valence-corrected chi connectivity index (χ3v) is 5.48. The van der Waals surface area contributed by atoms with E-state index >= 15 is 0 Å². The Kier molecular flexibility index (Phi) is 6.54. The second kappa shape index (κ2) is 8.87. The minimum absolute atomic E-state index is 0.0707. The number of benzene rings is 1. The van der Waals surface area contributed by atoms with Crippen LogP contribution in [0.15, 0.2) is 24.3 Å². The van der Waals surface area contributed by atoms with Gasteiger partial charge in [0, 0.05) is 25.7 Å². The molecule has 1 heterocycles. The smallest absolute Gasteiger partial charge is 0.255 e. The fourth-order valence-corrected chi connectivity index (χ4v) is 3.92. The standard InChI is InChI=1S/C21H33N3O2/c1-16(2)20-14-23(9-4-10-24(20)13-17-7-8-17)12-18-5-3-6-19(11-18)26-15-21(22)25/h3,5-6,11,16-17,20H,4,7-10,12-15H2,1-2H3,(H2,22,25). The number of carbonyl (C=O) groups is 1. The molecule has 3 rings (SSSR count). The van der Waals surface area contributed by atoms with Crippen LogP contribution in [0.4, 0.5) is 0 Å². The molecule has 1 saturated heterocycles. The number of ether oxygens (including phenoxy) is 1. The van der Waals surface area contributed by atoms with E-state index in [1.807, 2.05) is 18.2 Å². The van der Waals surface area contributed by atoms with Crippen molar-refractivity contribution in [3.05, 3.63) is 29.8 Å². The molecule has 1 aromatic rings. The minimum Gasteiger partial charge on any atom is -0.484 e. The van der Waals surface area contributed by atoms with Crippen LogP contribution in [-0.2, 0) is 11.3 Å². The first-order valence-electron chi connectivity index (χ1n) is 9.97. The van der Waals surface area contributed by atoms with Crippen LogP contribution >= 0.6 is 0 Å². The molecule has 26 heavy (non-hydrogen) atoms. The number of hydrogen-bond acceptors (Lipinski definition) is 4. The molecule has 1 aromatic carbocycles. The van der Waals surface area contributed by atoms with Crippen LogP contribution in [0, 0.1) is 11.8 Å². The van der Waals surface area contributed by atoms with Crippen LogP contribution in [0.25, 0.3) is 0 Å². The van der Waals surface area contributed by atoms with E-state index in [0.29, 0.717) is 17.7 Å². The van der Waals surface area contributed by atoms with Gasteiger partial charge in [0.05, 0.1) is 0 Å². The van der Waals surface area contributed by atoms with Gasteiger partial charge in [-0.15, -0.1) is 0 Å². The number of rotatable bonds is 8. The van der Waals surface area contributed by atoms with Crippen LogP contribution in [0.5, 0.6) is 5.75 Å². The van der Waals surface area contributed by atoms with Gasteiger partial charge in [0.1, 0.15) is 5.75 Å². The second-order valence-corrected chi connectivity index (χ2v) is 8.24.